The van der Waals surface area contributed by atoms with Crippen LogP contribution in [0.2, 0.25) is 0 Å². The third-order valence-corrected chi connectivity index (χ3v) is 2.79. The van der Waals surface area contributed by atoms with Crippen molar-refractivity contribution in [2.75, 3.05) is 0 Å². The van der Waals surface area contributed by atoms with Crippen molar-refractivity contribution in [3.8, 4) is 5.75 Å². The predicted molar refractivity (Wildman–Crippen MR) is 56.2 cm³/mol. The summed E-state index contributed by atoms with van der Waals surface area (Å²) in [5.41, 5.74) is 0.634. The number of aryl methyl sites for hydroxylation is 1. The molecule has 0 aliphatic heterocycles. The van der Waals surface area contributed by atoms with Gasteiger partial charge in [-0.2, -0.15) is 0 Å². The summed E-state index contributed by atoms with van der Waals surface area (Å²) in [6, 6.07) is 0. The van der Waals surface area contributed by atoms with E-state index in [1.165, 1.54) is 10.8 Å². The first-order chi connectivity index (χ1) is 7.76. The van der Waals surface area contributed by atoms with Crippen molar-refractivity contribution in [1.29, 1.82) is 0 Å². The number of carbonyl (C=O) groups excluding carboxylic acids is 1. The lowest BCUT2D eigenvalue weighted by Gasteiger charge is -2.08. The zero-order valence-corrected chi connectivity index (χ0v) is 10.2. The van der Waals surface area contributed by atoms with Crippen LogP contribution in [-0.2, 0) is 22.7 Å². The van der Waals surface area contributed by atoms with Crippen molar-refractivity contribution in [2.45, 2.75) is 13.5 Å². The van der Waals surface area contributed by atoms with E-state index in [0.717, 1.165) is 0 Å². The summed E-state index contributed by atoms with van der Waals surface area (Å²) in [5.74, 6) is -0.227. The van der Waals surface area contributed by atoms with Crippen LogP contribution in [-0.4, -0.2) is 21.2 Å². The number of phosphoric ester groups is 1. The number of pyridine rings is 1. The van der Waals surface area contributed by atoms with E-state index in [0.29, 0.717) is 12.0 Å². The second-order valence-electron chi connectivity index (χ2n) is 3.49. The standard InChI is InChI=1S/C9H12NO6P/c1-6-9(12)8(4-11)7(3-10(6)2)5-16-17(13,14)15/h3-4H,5H2,1-2H3,(H2-,11,12,13,14,15)/p+1. The van der Waals surface area contributed by atoms with Crippen LogP contribution in [0, 0.1) is 6.92 Å². The van der Waals surface area contributed by atoms with Crippen molar-refractivity contribution in [1.82, 2.24) is 0 Å². The van der Waals surface area contributed by atoms with Gasteiger partial charge in [0.25, 0.3) is 0 Å². The Bertz CT molecular complexity index is 495. The molecule has 1 aromatic heterocycles. The van der Waals surface area contributed by atoms with E-state index in [4.69, 9.17) is 9.79 Å². The minimum Gasteiger partial charge on any atom is -0.502 e. The highest BCUT2D eigenvalue weighted by molar-refractivity contribution is 7.46. The van der Waals surface area contributed by atoms with E-state index >= 15 is 0 Å². The predicted octanol–water partition coefficient (Wildman–Crippen LogP) is -0.0531. The number of hydrogen-bond acceptors (Lipinski definition) is 4. The topological polar surface area (TPSA) is 108 Å². The van der Waals surface area contributed by atoms with Gasteiger partial charge in [0, 0.05) is 6.92 Å². The average molecular weight is 262 g/mol. The molecule has 0 atom stereocenters. The van der Waals surface area contributed by atoms with Gasteiger partial charge in [0.15, 0.2) is 18.2 Å². The summed E-state index contributed by atoms with van der Waals surface area (Å²) >= 11 is 0. The minimum atomic E-state index is -4.61. The van der Waals surface area contributed by atoms with Crippen LogP contribution in [0.5, 0.6) is 5.75 Å². The first-order valence-corrected chi connectivity index (χ1v) is 6.15. The second-order valence-corrected chi connectivity index (χ2v) is 4.73. The fourth-order valence-corrected chi connectivity index (χ4v) is 1.62. The molecular weight excluding hydrogens is 249 g/mol. The van der Waals surface area contributed by atoms with Crippen LogP contribution >= 0.6 is 7.82 Å². The number of rotatable bonds is 4. The Morgan fingerprint density at radius 2 is 2.12 bits per heavy atom. The van der Waals surface area contributed by atoms with Crippen LogP contribution in [0.25, 0.3) is 0 Å². The maximum absolute atomic E-state index is 10.8. The molecule has 3 N–H and O–H groups in total. The zero-order chi connectivity index (χ0) is 13.2. The molecule has 0 saturated heterocycles. The van der Waals surface area contributed by atoms with E-state index in [1.807, 2.05) is 0 Å². The van der Waals surface area contributed by atoms with E-state index in [9.17, 15) is 14.5 Å². The molecule has 17 heavy (non-hydrogen) atoms. The van der Waals surface area contributed by atoms with Gasteiger partial charge in [-0.25, -0.2) is 9.13 Å². The van der Waals surface area contributed by atoms with Crippen molar-refractivity contribution < 1.29 is 33.3 Å². The van der Waals surface area contributed by atoms with Crippen LogP contribution in [0.15, 0.2) is 6.20 Å². The monoisotopic (exact) mass is 262 g/mol. The van der Waals surface area contributed by atoms with Crippen LogP contribution in [0.3, 0.4) is 0 Å². The average Bonchev–Trinajstić information content (AvgIpc) is 2.22. The van der Waals surface area contributed by atoms with E-state index in [1.54, 1.807) is 14.0 Å². The van der Waals surface area contributed by atoms with E-state index in [-0.39, 0.29) is 16.9 Å². The molecule has 94 valence electrons. The molecule has 1 rings (SSSR count). The van der Waals surface area contributed by atoms with Crippen LogP contribution in [0.1, 0.15) is 21.6 Å². The second kappa shape index (κ2) is 4.93. The number of hydrogen-bond donors (Lipinski definition) is 3. The lowest BCUT2D eigenvalue weighted by atomic mass is 10.1. The molecule has 0 spiro atoms. The molecule has 0 aliphatic rings. The molecule has 0 fully saturated rings. The Morgan fingerprint density at radius 3 is 2.59 bits per heavy atom. The smallest absolute Gasteiger partial charge is 0.469 e. The molecule has 8 heteroatoms. The maximum Gasteiger partial charge on any atom is 0.469 e. The number of carbonyl (C=O) groups is 1. The Labute approximate surface area is 97.5 Å². The fourth-order valence-electron chi connectivity index (χ4n) is 1.31. The number of nitrogens with zero attached hydrogens (tertiary/aromatic N) is 1. The molecule has 0 aliphatic carbocycles. The maximum atomic E-state index is 10.8. The molecular formula is C9H13NO6P+. The Kier molecular flexibility index (Phi) is 4.00. The van der Waals surface area contributed by atoms with Crippen molar-refractivity contribution in [2.24, 2.45) is 7.05 Å². The molecule has 1 heterocycles. The third kappa shape index (κ3) is 3.34. The molecule has 0 amide bonds. The van der Waals surface area contributed by atoms with Crippen LogP contribution < -0.4 is 4.57 Å². The molecule has 0 saturated carbocycles. The van der Waals surface area contributed by atoms with Gasteiger partial charge >= 0.3 is 7.82 Å². The van der Waals surface area contributed by atoms with Gasteiger partial charge < -0.3 is 14.9 Å². The number of aromatic nitrogens is 1. The van der Waals surface area contributed by atoms with Gasteiger partial charge in [-0.05, 0) is 0 Å². The molecule has 0 bridgehead atoms. The normalized spacial score (nSPS) is 11.5. The van der Waals surface area contributed by atoms with Gasteiger partial charge in [-0.3, -0.25) is 9.32 Å². The molecule has 0 unspecified atom stereocenters. The summed E-state index contributed by atoms with van der Waals surface area (Å²) in [5, 5.41) is 9.69. The number of aromatic hydroxyl groups is 1. The zero-order valence-electron chi connectivity index (χ0n) is 9.32. The Morgan fingerprint density at radius 1 is 1.53 bits per heavy atom. The summed E-state index contributed by atoms with van der Waals surface area (Å²) in [7, 11) is -2.98. The Balaban J connectivity index is 3.15. The molecule has 7 nitrogen and oxygen atoms in total. The van der Waals surface area contributed by atoms with Gasteiger partial charge in [-0.15, -0.1) is 0 Å². The van der Waals surface area contributed by atoms with Gasteiger partial charge in [0.1, 0.15) is 7.05 Å². The minimum absolute atomic E-state index is 0.0333. The lowest BCUT2D eigenvalue weighted by molar-refractivity contribution is -0.678. The van der Waals surface area contributed by atoms with Crippen molar-refractivity contribution >= 4 is 14.1 Å². The summed E-state index contributed by atoms with van der Waals surface area (Å²) in [6.07, 6.45) is 1.88. The van der Waals surface area contributed by atoms with Gasteiger partial charge in [0.05, 0.1) is 17.7 Å². The SMILES string of the molecule is Cc1c(O)c(C=O)c(COP(=O)(O)O)c[n+]1C. The fraction of sp³-hybridized carbons (Fsp3) is 0.333. The largest absolute Gasteiger partial charge is 0.502 e. The van der Waals surface area contributed by atoms with E-state index < -0.39 is 14.4 Å². The quantitative estimate of drug-likeness (QED) is 0.399. The lowest BCUT2D eigenvalue weighted by Crippen LogP contribution is -2.33. The van der Waals surface area contributed by atoms with Crippen molar-refractivity contribution in [3.05, 3.63) is 23.0 Å². The van der Waals surface area contributed by atoms with Crippen LogP contribution in [0.4, 0.5) is 0 Å². The van der Waals surface area contributed by atoms with Crippen molar-refractivity contribution in [3.63, 3.8) is 0 Å². The highest BCUT2D eigenvalue weighted by Gasteiger charge is 2.21. The number of aldehydes is 1. The highest BCUT2D eigenvalue weighted by atomic mass is 31.2. The molecule has 1 aromatic rings. The first kappa shape index (κ1) is 13.8. The highest BCUT2D eigenvalue weighted by Crippen LogP contribution is 2.37. The number of phosphoric acid groups is 1. The molecule has 0 aromatic carbocycles. The third-order valence-electron chi connectivity index (χ3n) is 2.33. The summed E-state index contributed by atoms with van der Waals surface area (Å²) < 4.78 is 16.4. The summed E-state index contributed by atoms with van der Waals surface area (Å²) in [4.78, 5) is 28.0. The Hall–Kier alpha value is -1.27. The van der Waals surface area contributed by atoms with Gasteiger partial charge in [-0.1, -0.05) is 0 Å². The van der Waals surface area contributed by atoms with Gasteiger partial charge in [0.2, 0.25) is 5.69 Å². The first-order valence-electron chi connectivity index (χ1n) is 4.62. The molecule has 0 radical (unpaired) electrons. The summed E-state index contributed by atoms with van der Waals surface area (Å²) in [6.45, 7) is 1.15. The van der Waals surface area contributed by atoms with E-state index in [2.05, 4.69) is 4.52 Å².